The molecule has 0 aliphatic carbocycles. The number of hydrogen-bond acceptors (Lipinski definition) is 3. The van der Waals surface area contributed by atoms with E-state index in [1.165, 1.54) is 5.56 Å². The summed E-state index contributed by atoms with van der Waals surface area (Å²) in [5.41, 5.74) is 2.89. The van der Waals surface area contributed by atoms with Gasteiger partial charge in [-0.15, -0.1) is 0 Å². The Bertz CT molecular complexity index is 647. The van der Waals surface area contributed by atoms with Crippen molar-refractivity contribution in [2.24, 2.45) is 0 Å². The molecule has 0 spiro atoms. The van der Waals surface area contributed by atoms with Gasteiger partial charge in [-0.2, -0.15) is 5.26 Å². The van der Waals surface area contributed by atoms with Crippen LogP contribution in [0.4, 0.5) is 0 Å². The lowest BCUT2D eigenvalue weighted by atomic mass is 10.1. The van der Waals surface area contributed by atoms with Crippen molar-refractivity contribution >= 4 is 15.9 Å². The summed E-state index contributed by atoms with van der Waals surface area (Å²) in [5.74, 6) is 0.619. The van der Waals surface area contributed by atoms with Gasteiger partial charge < -0.3 is 10.1 Å². The lowest BCUT2D eigenvalue weighted by Gasteiger charge is -2.15. The van der Waals surface area contributed by atoms with Crippen LogP contribution in [0.25, 0.3) is 0 Å². The Morgan fingerprint density at radius 3 is 2.57 bits per heavy atom. The molecule has 0 unspecified atom stereocenters. The van der Waals surface area contributed by atoms with Gasteiger partial charge in [-0.05, 0) is 42.3 Å². The second-order valence-electron chi connectivity index (χ2n) is 4.80. The highest BCUT2D eigenvalue weighted by Crippen LogP contribution is 2.21. The molecular weight excluding hydrogens is 328 g/mol. The van der Waals surface area contributed by atoms with E-state index >= 15 is 0 Å². The van der Waals surface area contributed by atoms with Crippen molar-refractivity contribution in [2.45, 2.75) is 19.5 Å². The molecule has 1 N–H and O–H groups in total. The first-order chi connectivity index (χ1) is 10.1. The molecule has 0 amide bonds. The van der Waals surface area contributed by atoms with Gasteiger partial charge in [0.1, 0.15) is 11.8 Å². The summed E-state index contributed by atoms with van der Waals surface area (Å²) in [6.45, 7) is 2.85. The molecule has 1 atom stereocenters. The molecule has 0 heterocycles. The Morgan fingerprint density at radius 1 is 1.24 bits per heavy atom. The number of nitrogens with one attached hydrogen (secondary N) is 1. The summed E-state index contributed by atoms with van der Waals surface area (Å²) < 4.78 is 6.30. The van der Waals surface area contributed by atoms with Gasteiger partial charge in [0, 0.05) is 17.1 Å². The van der Waals surface area contributed by atoms with Crippen molar-refractivity contribution in [2.75, 3.05) is 7.11 Å². The summed E-state index contributed by atoms with van der Waals surface area (Å²) in [6, 6.07) is 16.3. The molecular formula is C17H17BrN2O. The van der Waals surface area contributed by atoms with E-state index in [2.05, 4.69) is 46.4 Å². The summed E-state index contributed by atoms with van der Waals surface area (Å²) in [4.78, 5) is 0. The number of benzene rings is 2. The van der Waals surface area contributed by atoms with Crippen LogP contribution in [-0.2, 0) is 6.54 Å². The van der Waals surface area contributed by atoms with E-state index < -0.39 is 0 Å². The Labute approximate surface area is 133 Å². The highest BCUT2D eigenvalue weighted by atomic mass is 79.9. The zero-order valence-electron chi connectivity index (χ0n) is 12.1. The molecule has 4 heteroatoms. The van der Waals surface area contributed by atoms with Gasteiger partial charge in [0.25, 0.3) is 0 Å². The molecule has 0 aliphatic rings. The molecule has 0 saturated carbocycles. The molecule has 0 radical (unpaired) electrons. The van der Waals surface area contributed by atoms with Crippen LogP contribution >= 0.6 is 15.9 Å². The first-order valence-corrected chi connectivity index (χ1v) is 7.49. The van der Waals surface area contributed by atoms with E-state index in [4.69, 9.17) is 10.00 Å². The standard InChI is InChI=1S/C17H17BrN2O/c1-12(14-5-7-16(18)8-6-14)20-11-13-3-4-15(10-19)17(9-13)21-2/h3-9,12,20H,11H2,1-2H3/t12-/m1/s1. The zero-order chi connectivity index (χ0) is 15.2. The summed E-state index contributed by atoms with van der Waals surface area (Å²) in [6.07, 6.45) is 0. The summed E-state index contributed by atoms with van der Waals surface area (Å²) in [7, 11) is 1.58. The molecule has 108 valence electrons. The minimum absolute atomic E-state index is 0.250. The Morgan fingerprint density at radius 2 is 1.95 bits per heavy atom. The minimum Gasteiger partial charge on any atom is -0.495 e. The smallest absolute Gasteiger partial charge is 0.136 e. The van der Waals surface area contributed by atoms with E-state index in [9.17, 15) is 0 Å². The van der Waals surface area contributed by atoms with Crippen molar-refractivity contribution in [1.29, 1.82) is 5.26 Å². The van der Waals surface area contributed by atoms with Gasteiger partial charge in [0.15, 0.2) is 0 Å². The van der Waals surface area contributed by atoms with Crippen LogP contribution in [-0.4, -0.2) is 7.11 Å². The van der Waals surface area contributed by atoms with E-state index in [0.717, 1.165) is 16.6 Å². The lowest BCUT2D eigenvalue weighted by Crippen LogP contribution is -2.18. The van der Waals surface area contributed by atoms with Crippen LogP contribution in [0.3, 0.4) is 0 Å². The molecule has 0 aliphatic heterocycles. The number of hydrogen-bond donors (Lipinski definition) is 1. The van der Waals surface area contributed by atoms with E-state index in [-0.39, 0.29) is 6.04 Å². The third-order valence-electron chi connectivity index (χ3n) is 3.37. The molecule has 3 nitrogen and oxygen atoms in total. The van der Waals surface area contributed by atoms with Crippen LogP contribution in [0.1, 0.15) is 29.7 Å². The number of ether oxygens (including phenoxy) is 1. The maximum Gasteiger partial charge on any atom is 0.136 e. The Kier molecular flexibility index (Phi) is 5.38. The van der Waals surface area contributed by atoms with Gasteiger partial charge >= 0.3 is 0 Å². The lowest BCUT2D eigenvalue weighted by molar-refractivity contribution is 0.412. The van der Waals surface area contributed by atoms with Crippen LogP contribution in [0, 0.1) is 11.3 Å². The fraction of sp³-hybridized carbons (Fsp3) is 0.235. The van der Waals surface area contributed by atoms with Crippen molar-refractivity contribution in [3.8, 4) is 11.8 Å². The van der Waals surface area contributed by atoms with Crippen molar-refractivity contribution < 1.29 is 4.74 Å². The number of nitriles is 1. The number of methoxy groups -OCH3 is 1. The summed E-state index contributed by atoms with van der Waals surface area (Å²) in [5, 5.41) is 12.4. The average molecular weight is 345 g/mol. The van der Waals surface area contributed by atoms with Crippen LogP contribution < -0.4 is 10.1 Å². The normalized spacial score (nSPS) is 11.7. The maximum atomic E-state index is 8.98. The van der Waals surface area contributed by atoms with Crippen LogP contribution in [0.15, 0.2) is 46.9 Å². The monoisotopic (exact) mass is 344 g/mol. The molecule has 2 aromatic rings. The number of rotatable bonds is 5. The van der Waals surface area contributed by atoms with Crippen LogP contribution in [0.2, 0.25) is 0 Å². The minimum atomic E-state index is 0.250. The Hall–Kier alpha value is -1.83. The van der Waals surface area contributed by atoms with Crippen LogP contribution in [0.5, 0.6) is 5.75 Å². The van der Waals surface area contributed by atoms with Crippen molar-refractivity contribution in [3.05, 3.63) is 63.6 Å². The molecule has 0 saturated heterocycles. The van der Waals surface area contributed by atoms with E-state index in [1.54, 1.807) is 13.2 Å². The average Bonchev–Trinajstić information content (AvgIpc) is 2.52. The second-order valence-corrected chi connectivity index (χ2v) is 5.72. The van der Waals surface area contributed by atoms with Crippen molar-refractivity contribution in [1.82, 2.24) is 5.32 Å². The highest BCUT2D eigenvalue weighted by molar-refractivity contribution is 9.10. The first-order valence-electron chi connectivity index (χ1n) is 6.70. The largest absolute Gasteiger partial charge is 0.495 e. The number of halogens is 1. The van der Waals surface area contributed by atoms with Gasteiger partial charge in [-0.25, -0.2) is 0 Å². The highest BCUT2D eigenvalue weighted by Gasteiger charge is 2.07. The fourth-order valence-corrected chi connectivity index (χ4v) is 2.34. The molecule has 2 rings (SSSR count). The Balaban J connectivity index is 2.02. The van der Waals surface area contributed by atoms with Gasteiger partial charge in [0.2, 0.25) is 0 Å². The fourth-order valence-electron chi connectivity index (χ4n) is 2.08. The topological polar surface area (TPSA) is 45.0 Å². The van der Waals surface area contributed by atoms with Gasteiger partial charge in [-0.1, -0.05) is 34.1 Å². The first kappa shape index (κ1) is 15.6. The van der Waals surface area contributed by atoms with Gasteiger partial charge in [0.05, 0.1) is 12.7 Å². The predicted molar refractivity (Wildman–Crippen MR) is 87.1 cm³/mol. The molecule has 2 aromatic carbocycles. The quantitative estimate of drug-likeness (QED) is 0.884. The van der Waals surface area contributed by atoms with E-state index in [1.807, 2.05) is 24.3 Å². The SMILES string of the molecule is COc1cc(CN[C@H](C)c2ccc(Br)cc2)ccc1C#N. The zero-order valence-corrected chi connectivity index (χ0v) is 13.6. The third kappa shape index (κ3) is 4.07. The second kappa shape index (κ2) is 7.26. The number of nitrogens with zero attached hydrogens (tertiary/aromatic N) is 1. The maximum absolute atomic E-state index is 8.98. The third-order valence-corrected chi connectivity index (χ3v) is 3.90. The van der Waals surface area contributed by atoms with E-state index in [0.29, 0.717) is 11.3 Å². The summed E-state index contributed by atoms with van der Waals surface area (Å²) >= 11 is 3.44. The molecule has 0 aromatic heterocycles. The molecule has 0 fully saturated rings. The molecule has 21 heavy (non-hydrogen) atoms. The van der Waals surface area contributed by atoms with Gasteiger partial charge in [-0.3, -0.25) is 0 Å². The molecule has 0 bridgehead atoms. The predicted octanol–water partition coefficient (Wildman–Crippen LogP) is 4.18. The van der Waals surface area contributed by atoms with Crippen molar-refractivity contribution in [3.63, 3.8) is 0 Å².